The van der Waals surface area contributed by atoms with Crippen molar-refractivity contribution >= 4 is 21.9 Å². The minimum atomic E-state index is -3.60. The molecule has 1 aromatic carbocycles. The van der Waals surface area contributed by atoms with Crippen LogP contribution in [0.3, 0.4) is 0 Å². The van der Waals surface area contributed by atoms with E-state index in [0.29, 0.717) is 18.7 Å². The molecule has 7 nitrogen and oxygen atoms in total. The van der Waals surface area contributed by atoms with E-state index in [0.717, 1.165) is 0 Å². The molecule has 0 spiro atoms. The van der Waals surface area contributed by atoms with Crippen molar-refractivity contribution in [2.24, 2.45) is 0 Å². The Hall–Kier alpha value is -1.93. The highest BCUT2D eigenvalue weighted by Crippen LogP contribution is 2.05. The molecule has 2 N–H and O–H groups in total. The lowest BCUT2D eigenvalue weighted by molar-refractivity contribution is -0.118. The lowest BCUT2D eigenvalue weighted by Gasteiger charge is -2.17. The maximum absolute atomic E-state index is 11.9. The topological polar surface area (TPSA) is 104 Å². The maximum atomic E-state index is 11.9. The number of nitrogens with zero attached hydrogens (tertiary/aromatic N) is 1. The quantitative estimate of drug-likeness (QED) is 0.730. The molecule has 0 bridgehead atoms. The lowest BCUT2D eigenvalue weighted by Crippen LogP contribution is -2.39. The molecule has 122 valence electrons. The molecule has 0 heterocycles. The highest BCUT2D eigenvalue weighted by atomic mass is 32.2. The van der Waals surface area contributed by atoms with Crippen LogP contribution in [0, 0.1) is 0 Å². The standard InChI is InChI=1S/C14H20N2O5S/c1-3-16(4-2)22(20,21)10-13(17)15-9-11-5-7-12(8-6-11)14(18)19/h5-8H,3-4,9-10H2,1-2H3,(H,15,17)(H,18,19). The second kappa shape index (κ2) is 7.90. The minimum Gasteiger partial charge on any atom is -0.478 e. The molecule has 0 atom stereocenters. The fourth-order valence-corrected chi connectivity index (χ4v) is 3.29. The van der Waals surface area contributed by atoms with Gasteiger partial charge in [-0.05, 0) is 17.7 Å². The average Bonchev–Trinajstić information content (AvgIpc) is 2.46. The maximum Gasteiger partial charge on any atom is 0.335 e. The number of carboxylic acid groups (broad SMARTS) is 1. The van der Waals surface area contributed by atoms with E-state index in [9.17, 15) is 18.0 Å². The van der Waals surface area contributed by atoms with Gasteiger partial charge >= 0.3 is 5.97 Å². The van der Waals surface area contributed by atoms with E-state index in [4.69, 9.17) is 5.11 Å². The Morgan fingerprint density at radius 3 is 2.14 bits per heavy atom. The molecule has 0 radical (unpaired) electrons. The zero-order valence-electron chi connectivity index (χ0n) is 12.6. The van der Waals surface area contributed by atoms with E-state index in [1.54, 1.807) is 26.0 Å². The van der Waals surface area contributed by atoms with Crippen molar-refractivity contribution in [2.45, 2.75) is 20.4 Å². The van der Waals surface area contributed by atoms with Gasteiger partial charge in [-0.25, -0.2) is 17.5 Å². The lowest BCUT2D eigenvalue weighted by atomic mass is 10.1. The molecule has 1 amide bonds. The van der Waals surface area contributed by atoms with Crippen LogP contribution in [0.1, 0.15) is 29.8 Å². The summed E-state index contributed by atoms with van der Waals surface area (Å²) < 4.78 is 25.1. The average molecular weight is 328 g/mol. The number of rotatable bonds is 8. The Kier molecular flexibility index (Phi) is 6.51. The fourth-order valence-electron chi connectivity index (χ4n) is 1.89. The van der Waals surface area contributed by atoms with Gasteiger partial charge in [-0.2, -0.15) is 0 Å². The smallest absolute Gasteiger partial charge is 0.335 e. The Labute approximate surface area is 130 Å². The van der Waals surface area contributed by atoms with Crippen LogP contribution in [0.25, 0.3) is 0 Å². The molecule has 0 saturated heterocycles. The summed E-state index contributed by atoms with van der Waals surface area (Å²) in [4.78, 5) is 22.4. The number of hydrogen-bond donors (Lipinski definition) is 2. The summed E-state index contributed by atoms with van der Waals surface area (Å²) >= 11 is 0. The van der Waals surface area contributed by atoms with Gasteiger partial charge in [-0.3, -0.25) is 4.79 Å². The summed E-state index contributed by atoms with van der Waals surface area (Å²) in [6.45, 7) is 4.21. The number of amides is 1. The van der Waals surface area contributed by atoms with Gasteiger partial charge in [0.15, 0.2) is 0 Å². The number of nitrogens with one attached hydrogen (secondary N) is 1. The number of aromatic carboxylic acids is 1. The number of sulfonamides is 1. The number of carboxylic acids is 1. The monoisotopic (exact) mass is 328 g/mol. The summed E-state index contributed by atoms with van der Waals surface area (Å²) in [5.41, 5.74) is 0.845. The zero-order valence-corrected chi connectivity index (χ0v) is 13.4. The van der Waals surface area contributed by atoms with Gasteiger partial charge in [0, 0.05) is 19.6 Å². The normalized spacial score (nSPS) is 11.4. The summed E-state index contributed by atoms with van der Waals surface area (Å²) in [5.74, 6) is -2.21. The van der Waals surface area contributed by atoms with Gasteiger partial charge in [0.25, 0.3) is 0 Å². The highest BCUT2D eigenvalue weighted by molar-refractivity contribution is 7.89. The van der Waals surface area contributed by atoms with E-state index in [1.165, 1.54) is 16.4 Å². The highest BCUT2D eigenvalue weighted by Gasteiger charge is 2.22. The molecule has 1 aromatic rings. The van der Waals surface area contributed by atoms with E-state index in [1.807, 2.05) is 0 Å². The van der Waals surface area contributed by atoms with Gasteiger partial charge in [-0.1, -0.05) is 26.0 Å². The second-order valence-corrected chi connectivity index (χ2v) is 6.59. The first-order valence-electron chi connectivity index (χ1n) is 6.87. The van der Waals surface area contributed by atoms with Crippen LogP contribution in [0.4, 0.5) is 0 Å². The van der Waals surface area contributed by atoms with Gasteiger partial charge in [0.2, 0.25) is 15.9 Å². The largest absolute Gasteiger partial charge is 0.478 e. The molecule has 22 heavy (non-hydrogen) atoms. The summed E-state index contributed by atoms with van der Waals surface area (Å²) in [6.07, 6.45) is 0. The van der Waals surface area contributed by atoms with Crippen LogP contribution in [-0.4, -0.2) is 48.5 Å². The predicted molar refractivity (Wildman–Crippen MR) is 82.0 cm³/mol. The van der Waals surface area contributed by atoms with Crippen molar-refractivity contribution in [3.8, 4) is 0 Å². The van der Waals surface area contributed by atoms with E-state index in [-0.39, 0.29) is 12.1 Å². The predicted octanol–water partition coefficient (Wildman–Crippen LogP) is 0.673. The van der Waals surface area contributed by atoms with Crippen molar-refractivity contribution in [3.63, 3.8) is 0 Å². The Balaban J connectivity index is 2.57. The minimum absolute atomic E-state index is 0.145. The molecule has 0 aliphatic heterocycles. The molecule has 1 rings (SSSR count). The third-order valence-electron chi connectivity index (χ3n) is 3.10. The molecular weight excluding hydrogens is 308 g/mol. The van der Waals surface area contributed by atoms with E-state index < -0.39 is 27.7 Å². The van der Waals surface area contributed by atoms with Crippen molar-refractivity contribution in [3.05, 3.63) is 35.4 Å². The molecular formula is C14H20N2O5S. The first-order valence-corrected chi connectivity index (χ1v) is 8.47. The first-order chi connectivity index (χ1) is 10.3. The van der Waals surface area contributed by atoms with Crippen LogP contribution < -0.4 is 5.32 Å². The number of carbonyl (C=O) groups excluding carboxylic acids is 1. The van der Waals surface area contributed by atoms with Crippen molar-refractivity contribution in [1.82, 2.24) is 9.62 Å². The first kappa shape index (κ1) is 18.1. The molecule has 0 fully saturated rings. The fraction of sp³-hybridized carbons (Fsp3) is 0.429. The molecule has 0 saturated carbocycles. The number of carbonyl (C=O) groups is 2. The Morgan fingerprint density at radius 2 is 1.68 bits per heavy atom. The second-order valence-electron chi connectivity index (χ2n) is 4.62. The third-order valence-corrected chi connectivity index (χ3v) is 5.03. The van der Waals surface area contributed by atoms with Crippen LogP contribution >= 0.6 is 0 Å². The summed E-state index contributed by atoms with van der Waals surface area (Å²) in [7, 11) is -3.60. The Bertz CT molecular complexity index is 621. The third kappa shape index (κ3) is 5.12. The van der Waals surface area contributed by atoms with Crippen LogP contribution in [-0.2, 0) is 21.4 Å². The molecule has 0 aliphatic carbocycles. The van der Waals surface area contributed by atoms with Gasteiger partial charge in [0.1, 0.15) is 5.75 Å². The SMILES string of the molecule is CCN(CC)S(=O)(=O)CC(=O)NCc1ccc(C(=O)O)cc1. The van der Waals surface area contributed by atoms with Crippen LogP contribution in [0.5, 0.6) is 0 Å². The van der Waals surface area contributed by atoms with Gasteiger partial charge in [0.05, 0.1) is 5.56 Å². The molecule has 0 aromatic heterocycles. The summed E-state index contributed by atoms with van der Waals surface area (Å²) in [5, 5.41) is 11.3. The van der Waals surface area contributed by atoms with Crippen LogP contribution in [0.2, 0.25) is 0 Å². The van der Waals surface area contributed by atoms with Gasteiger partial charge in [-0.15, -0.1) is 0 Å². The van der Waals surface area contributed by atoms with Gasteiger partial charge < -0.3 is 10.4 Å². The molecule has 0 aliphatic rings. The number of hydrogen-bond acceptors (Lipinski definition) is 4. The van der Waals surface area contributed by atoms with Crippen molar-refractivity contribution in [1.29, 1.82) is 0 Å². The van der Waals surface area contributed by atoms with Crippen molar-refractivity contribution < 1.29 is 23.1 Å². The Morgan fingerprint density at radius 1 is 1.14 bits per heavy atom. The molecule has 0 unspecified atom stereocenters. The van der Waals surface area contributed by atoms with E-state index >= 15 is 0 Å². The zero-order chi connectivity index (χ0) is 16.8. The van der Waals surface area contributed by atoms with Crippen molar-refractivity contribution in [2.75, 3.05) is 18.8 Å². The summed E-state index contributed by atoms with van der Waals surface area (Å²) in [6, 6.07) is 6.00. The van der Waals surface area contributed by atoms with Crippen LogP contribution in [0.15, 0.2) is 24.3 Å². The molecule has 8 heteroatoms. The van der Waals surface area contributed by atoms with E-state index in [2.05, 4.69) is 5.32 Å². The number of benzene rings is 1.